The molecule has 1 saturated heterocycles. The molecular formula is C29H48N2O2. The summed E-state index contributed by atoms with van der Waals surface area (Å²) in [7, 11) is 0. The number of rotatable bonds is 3. The van der Waals surface area contributed by atoms with Crippen LogP contribution in [0, 0.1) is 46.8 Å². The first-order valence-corrected chi connectivity index (χ1v) is 14.0. The van der Waals surface area contributed by atoms with Gasteiger partial charge in [0.25, 0.3) is 0 Å². The number of hydrogen-bond acceptors (Lipinski definition) is 3. The fraction of sp³-hybridized carbons (Fsp3) is 0.897. The molecule has 4 saturated carbocycles. The van der Waals surface area contributed by atoms with Crippen LogP contribution in [0.15, 0.2) is 12.2 Å². The second-order valence-corrected chi connectivity index (χ2v) is 13.2. The third-order valence-electron chi connectivity index (χ3n) is 11.6. The highest BCUT2D eigenvalue weighted by Gasteiger charge is 2.58. The highest BCUT2D eigenvalue weighted by molar-refractivity contribution is 5.73. The van der Waals surface area contributed by atoms with Crippen LogP contribution in [0.1, 0.15) is 79.1 Å². The Bertz CT molecular complexity index is 770. The standard InChI is InChI=1S/C29H48N2O2/c1-19(18-30-12-14-31(15-13-30)21(3)32)26-8-9-27-24-7-6-22-17-29(5,33)20(2)16-25(22)23(24)10-11-28(26,27)4/h20,22-27,33H,1,6-18H2,2-5H3/t20-,22+,23+,24-,25+,26-,27+,28-,29+/m1/s1. The van der Waals surface area contributed by atoms with Gasteiger partial charge in [-0.15, -0.1) is 0 Å². The van der Waals surface area contributed by atoms with E-state index in [9.17, 15) is 9.90 Å². The number of nitrogens with zero attached hydrogens (tertiary/aromatic N) is 2. The molecule has 1 heterocycles. The molecule has 9 atom stereocenters. The molecule has 1 aliphatic heterocycles. The second-order valence-electron chi connectivity index (χ2n) is 13.2. The largest absolute Gasteiger partial charge is 0.390 e. The summed E-state index contributed by atoms with van der Waals surface area (Å²) in [6, 6.07) is 0. The predicted molar refractivity (Wildman–Crippen MR) is 134 cm³/mol. The van der Waals surface area contributed by atoms with E-state index >= 15 is 0 Å². The molecule has 0 aromatic rings. The Morgan fingerprint density at radius 3 is 2.42 bits per heavy atom. The van der Waals surface area contributed by atoms with Gasteiger partial charge in [-0.1, -0.05) is 26.0 Å². The molecule has 1 N–H and O–H groups in total. The summed E-state index contributed by atoms with van der Waals surface area (Å²) >= 11 is 0. The van der Waals surface area contributed by atoms with Crippen molar-refractivity contribution >= 4 is 5.91 Å². The van der Waals surface area contributed by atoms with Crippen molar-refractivity contribution in [3.05, 3.63) is 12.2 Å². The summed E-state index contributed by atoms with van der Waals surface area (Å²) in [5.74, 6) is 5.58. The third kappa shape index (κ3) is 4.11. The first-order chi connectivity index (χ1) is 15.6. The quantitative estimate of drug-likeness (QED) is 0.610. The molecule has 33 heavy (non-hydrogen) atoms. The summed E-state index contributed by atoms with van der Waals surface area (Å²) in [5.41, 5.74) is 1.44. The molecule has 0 aromatic heterocycles. The maximum Gasteiger partial charge on any atom is 0.219 e. The van der Waals surface area contributed by atoms with Gasteiger partial charge < -0.3 is 10.0 Å². The van der Waals surface area contributed by atoms with E-state index < -0.39 is 5.60 Å². The molecule has 0 spiro atoms. The van der Waals surface area contributed by atoms with Gasteiger partial charge in [0, 0.05) is 39.6 Å². The highest BCUT2D eigenvalue weighted by Crippen LogP contribution is 2.65. The van der Waals surface area contributed by atoms with Crippen molar-refractivity contribution in [1.82, 2.24) is 9.80 Å². The van der Waals surface area contributed by atoms with Crippen molar-refractivity contribution in [2.75, 3.05) is 32.7 Å². The molecule has 0 bridgehead atoms. The molecular weight excluding hydrogens is 408 g/mol. The van der Waals surface area contributed by atoms with Gasteiger partial charge in [-0.05, 0) is 105 Å². The molecule has 4 heteroatoms. The van der Waals surface area contributed by atoms with E-state index in [1.807, 2.05) is 4.90 Å². The summed E-state index contributed by atoms with van der Waals surface area (Å²) in [4.78, 5) is 16.2. The van der Waals surface area contributed by atoms with E-state index in [2.05, 4.69) is 32.3 Å². The molecule has 0 aromatic carbocycles. The van der Waals surface area contributed by atoms with Crippen LogP contribution in [-0.4, -0.2) is 59.1 Å². The molecule has 4 aliphatic carbocycles. The zero-order valence-electron chi connectivity index (χ0n) is 21.7. The molecule has 4 nitrogen and oxygen atoms in total. The first-order valence-electron chi connectivity index (χ1n) is 14.0. The smallest absolute Gasteiger partial charge is 0.219 e. The monoisotopic (exact) mass is 456 g/mol. The zero-order valence-corrected chi connectivity index (χ0v) is 21.7. The van der Waals surface area contributed by atoms with Crippen LogP contribution < -0.4 is 0 Å². The lowest BCUT2D eigenvalue weighted by molar-refractivity contribution is -0.130. The molecule has 5 fully saturated rings. The number of amides is 1. The summed E-state index contributed by atoms with van der Waals surface area (Å²) < 4.78 is 0. The van der Waals surface area contributed by atoms with E-state index in [0.717, 1.165) is 68.7 Å². The van der Waals surface area contributed by atoms with Gasteiger partial charge in [0.05, 0.1) is 5.60 Å². The van der Waals surface area contributed by atoms with Crippen LogP contribution in [0.25, 0.3) is 0 Å². The van der Waals surface area contributed by atoms with Gasteiger partial charge in [0.15, 0.2) is 0 Å². The first kappa shape index (κ1) is 23.9. The van der Waals surface area contributed by atoms with Crippen molar-refractivity contribution in [2.24, 2.45) is 46.8 Å². The van der Waals surface area contributed by atoms with Gasteiger partial charge in [-0.3, -0.25) is 9.69 Å². The Labute approximate surface area is 202 Å². The van der Waals surface area contributed by atoms with Crippen molar-refractivity contribution in [3.63, 3.8) is 0 Å². The van der Waals surface area contributed by atoms with Crippen LogP contribution in [-0.2, 0) is 4.79 Å². The normalized spacial score (nSPS) is 48.0. The van der Waals surface area contributed by atoms with E-state index in [1.165, 1.54) is 50.5 Å². The van der Waals surface area contributed by atoms with Crippen molar-refractivity contribution in [3.8, 4) is 0 Å². The molecule has 5 aliphatic rings. The fourth-order valence-electron chi connectivity index (χ4n) is 9.54. The fourth-order valence-corrected chi connectivity index (χ4v) is 9.54. The molecule has 5 rings (SSSR count). The number of carbonyl (C=O) groups is 1. The van der Waals surface area contributed by atoms with Gasteiger partial charge in [-0.25, -0.2) is 0 Å². The Morgan fingerprint density at radius 2 is 1.73 bits per heavy atom. The van der Waals surface area contributed by atoms with Gasteiger partial charge in [0.2, 0.25) is 5.91 Å². The van der Waals surface area contributed by atoms with Crippen molar-refractivity contribution in [2.45, 2.75) is 84.7 Å². The van der Waals surface area contributed by atoms with E-state index in [1.54, 1.807) is 6.92 Å². The molecule has 0 unspecified atom stereocenters. The molecule has 186 valence electrons. The minimum atomic E-state index is -0.455. The van der Waals surface area contributed by atoms with Crippen LogP contribution >= 0.6 is 0 Å². The number of aliphatic hydroxyl groups is 1. The van der Waals surface area contributed by atoms with E-state index in [-0.39, 0.29) is 5.91 Å². The average Bonchev–Trinajstić information content (AvgIpc) is 3.12. The van der Waals surface area contributed by atoms with Crippen molar-refractivity contribution < 1.29 is 9.90 Å². The lowest BCUT2D eigenvalue weighted by Crippen LogP contribution is -2.53. The summed E-state index contributed by atoms with van der Waals surface area (Å²) in [6.45, 7) is 18.1. The van der Waals surface area contributed by atoms with E-state index in [4.69, 9.17) is 0 Å². The number of piperazine rings is 1. The zero-order chi connectivity index (χ0) is 23.5. The number of hydrogen-bond donors (Lipinski definition) is 1. The number of carbonyl (C=O) groups excluding carboxylic acids is 1. The molecule has 0 radical (unpaired) electrons. The number of fused-ring (bicyclic) bond motifs is 5. The van der Waals surface area contributed by atoms with Gasteiger partial charge in [-0.2, -0.15) is 0 Å². The van der Waals surface area contributed by atoms with Crippen LogP contribution in [0.5, 0.6) is 0 Å². The van der Waals surface area contributed by atoms with Crippen molar-refractivity contribution in [1.29, 1.82) is 0 Å². The minimum Gasteiger partial charge on any atom is -0.390 e. The Kier molecular flexibility index (Phi) is 6.26. The predicted octanol–water partition coefficient (Wildman–Crippen LogP) is 4.97. The van der Waals surface area contributed by atoms with Gasteiger partial charge in [0.1, 0.15) is 0 Å². The third-order valence-corrected chi connectivity index (χ3v) is 11.6. The van der Waals surface area contributed by atoms with Crippen LogP contribution in [0.3, 0.4) is 0 Å². The Hall–Kier alpha value is -0.870. The highest BCUT2D eigenvalue weighted by atomic mass is 16.3. The lowest BCUT2D eigenvalue weighted by Gasteiger charge is -2.58. The lowest BCUT2D eigenvalue weighted by atomic mass is 9.48. The summed E-state index contributed by atoms with van der Waals surface area (Å²) in [6.07, 6.45) is 10.5. The maximum absolute atomic E-state index is 11.7. The minimum absolute atomic E-state index is 0.210. The van der Waals surface area contributed by atoms with E-state index in [0.29, 0.717) is 17.3 Å². The average molecular weight is 457 g/mol. The second kappa shape index (κ2) is 8.66. The SMILES string of the molecule is C=C(CN1CCN(C(C)=O)CC1)[C@H]1CC[C@H]2[C@@H]3CC[C@H]4C[C@](C)(O)[C@H](C)C[C@@H]4[C@H]3CC[C@]12C. The summed E-state index contributed by atoms with van der Waals surface area (Å²) in [5, 5.41) is 10.9. The Morgan fingerprint density at radius 1 is 1.00 bits per heavy atom. The Balaban J connectivity index is 1.23. The van der Waals surface area contributed by atoms with Gasteiger partial charge >= 0.3 is 0 Å². The molecule has 1 amide bonds. The topological polar surface area (TPSA) is 43.8 Å². The maximum atomic E-state index is 11.7. The van der Waals surface area contributed by atoms with Crippen LogP contribution in [0.4, 0.5) is 0 Å². The van der Waals surface area contributed by atoms with Crippen LogP contribution in [0.2, 0.25) is 0 Å².